The molecule has 1 heterocycles. The van der Waals surface area contributed by atoms with Gasteiger partial charge in [0.25, 0.3) is 5.91 Å². The standard InChI is InChI=1S/C20H26N2O4/c1-13-9-19(2,3)12-20(10-13)17(24)22(18(25)21-20)11-14-5-7-15(8-6-14)16(23)26-4/h5-8,13H,9-12H2,1-4H3,(H,21,25)/t13-,20+/m0/s1. The van der Waals surface area contributed by atoms with Crippen LogP contribution < -0.4 is 5.32 Å². The highest BCUT2D eigenvalue weighted by Gasteiger charge is 2.55. The predicted octanol–water partition coefficient (Wildman–Crippen LogP) is 3.11. The zero-order valence-corrected chi connectivity index (χ0v) is 15.8. The molecule has 26 heavy (non-hydrogen) atoms. The van der Waals surface area contributed by atoms with Crippen molar-refractivity contribution in [3.05, 3.63) is 35.4 Å². The molecule has 0 aromatic heterocycles. The Labute approximate surface area is 153 Å². The van der Waals surface area contributed by atoms with Crippen molar-refractivity contribution in [2.75, 3.05) is 7.11 Å². The lowest BCUT2D eigenvalue weighted by Crippen LogP contribution is -2.54. The Bertz CT molecular complexity index is 741. The lowest BCUT2D eigenvalue weighted by Gasteiger charge is -2.43. The Morgan fingerprint density at radius 3 is 2.46 bits per heavy atom. The number of benzene rings is 1. The highest BCUT2D eigenvalue weighted by molar-refractivity contribution is 6.07. The number of rotatable bonds is 3. The maximum Gasteiger partial charge on any atom is 0.337 e. The van der Waals surface area contributed by atoms with E-state index in [0.29, 0.717) is 24.3 Å². The number of imide groups is 1. The van der Waals surface area contributed by atoms with E-state index in [2.05, 4.69) is 30.8 Å². The van der Waals surface area contributed by atoms with Crippen molar-refractivity contribution < 1.29 is 19.1 Å². The fraction of sp³-hybridized carbons (Fsp3) is 0.550. The number of carbonyl (C=O) groups excluding carboxylic acids is 3. The predicted molar refractivity (Wildman–Crippen MR) is 96.4 cm³/mol. The van der Waals surface area contributed by atoms with Crippen LogP contribution in [0.2, 0.25) is 0 Å². The fourth-order valence-corrected chi connectivity index (χ4v) is 4.70. The Morgan fingerprint density at radius 2 is 1.88 bits per heavy atom. The lowest BCUT2D eigenvalue weighted by atomic mass is 9.64. The molecule has 140 valence electrons. The van der Waals surface area contributed by atoms with E-state index in [1.165, 1.54) is 12.0 Å². The SMILES string of the molecule is COC(=O)c1ccc(CN2C(=O)N[C@@]3(C[C@@H](C)CC(C)(C)C3)C2=O)cc1. The Hall–Kier alpha value is -2.37. The van der Waals surface area contributed by atoms with Gasteiger partial charge in [-0.3, -0.25) is 9.69 Å². The normalized spacial score (nSPS) is 27.5. The monoisotopic (exact) mass is 358 g/mol. The average molecular weight is 358 g/mol. The van der Waals surface area contributed by atoms with Crippen LogP contribution in [0.25, 0.3) is 0 Å². The molecule has 2 atom stereocenters. The van der Waals surface area contributed by atoms with E-state index in [1.54, 1.807) is 24.3 Å². The summed E-state index contributed by atoms with van der Waals surface area (Å²) in [5.41, 5.74) is 0.456. The molecule has 1 saturated heterocycles. The molecule has 1 aromatic carbocycles. The number of urea groups is 1. The zero-order chi connectivity index (χ0) is 19.1. The van der Waals surface area contributed by atoms with Crippen LogP contribution in [0.5, 0.6) is 0 Å². The highest BCUT2D eigenvalue weighted by atomic mass is 16.5. The summed E-state index contributed by atoms with van der Waals surface area (Å²) in [7, 11) is 1.33. The second-order valence-electron chi connectivity index (χ2n) is 8.45. The van der Waals surface area contributed by atoms with Gasteiger partial charge in [-0.2, -0.15) is 0 Å². The first kappa shape index (κ1) is 18.4. The van der Waals surface area contributed by atoms with Crippen molar-refractivity contribution in [3.63, 3.8) is 0 Å². The van der Waals surface area contributed by atoms with E-state index >= 15 is 0 Å². The molecule has 1 spiro atoms. The van der Waals surface area contributed by atoms with Gasteiger partial charge in [0.15, 0.2) is 0 Å². The molecule has 2 fully saturated rings. The zero-order valence-electron chi connectivity index (χ0n) is 15.8. The van der Waals surface area contributed by atoms with Gasteiger partial charge in [0.2, 0.25) is 0 Å². The number of hydrogen-bond acceptors (Lipinski definition) is 4. The third-order valence-corrected chi connectivity index (χ3v) is 5.34. The van der Waals surface area contributed by atoms with E-state index in [1.807, 2.05) is 0 Å². The maximum atomic E-state index is 13.1. The molecule has 1 aliphatic heterocycles. The number of esters is 1. The average Bonchev–Trinajstić information content (AvgIpc) is 2.76. The number of nitrogens with one attached hydrogen (secondary N) is 1. The van der Waals surface area contributed by atoms with E-state index in [-0.39, 0.29) is 23.9 Å². The van der Waals surface area contributed by atoms with Crippen molar-refractivity contribution in [1.29, 1.82) is 0 Å². The third-order valence-electron chi connectivity index (χ3n) is 5.34. The fourth-order valence-electron chi connectivity index (χ4n) is 4.70. The van der Waals surface area contributed by atoms with Gasteiger partial charge < -0.3 is 10.1 Å². The minimum Gasteiger partial charge on any atom is -0.465 e. The van der Waals surface area contributed by atoms with Crippen LogP contribution in [0.1, 0.15) is 56.0 Å². The molecule has 0 radical (unpaired) electrons. The van der Waals surface area contributed by atoms with E-state index < -0.39 is 11.5 Å². The number of methoxy groups -OCH3 is 1. The first-order valence-corrected chi connectivity index (χ1v) is 8.97. The van der Waals surface area contributed by atoms with Crippen LogP contribution >= 0.6 is 0 Å². The summed E-state index contributed by atoms with van der Waals surface area (Å²) in [5.74, 6) is -0.176. The Balaban J connectivity index is 1.78. The quantitative estimate of drug-likeness (QED) is 0.665. The van der Waals surface area contributed by atoms with Crippen LogP contribution in [-0.4, -0.2) is 35.5 Å². The molecule has 1 N–H and O–H groups in total. The molecule has 0 bridgehead atoms. The van der Waals surface area contributed by atoms with Crippen LogP contribution in [-0.2, 0) is 16.1 Å². The van der Waals surface area contributed by atoms with Crippen LogP contribution in [0, 0.1) is 11.3 Å². The molecule has 6 heteroatoms. The maximum absolute atomic E-state index is 13.1. The molecular formula is C20H26N2O4. The van der Waals surface area contributed by atoms with Crippen LogP contribution in [0.15, 0.2) is 24.3 Å². The largest absolute Gasteiger partial charge is 0.465 e. The van der Waals surface area contributed by atoms with Gasteiger partial charge in [-0.25, -0.2) is 9.59 Å². The summed E-state index contributed by atoms with van der Waals surface area (Å²) in [6, 6.07) is 6.43. The van der Waals surface area contributed by atoms with Gasteiger partial charge in [0, 0.05) is 0 Å². The Kier molecular flexibility index (Phi) is 4.54. The van der Waals surface area contributed by atoms with Gasteiger partial charge in [-0.1, -0.05) is 32.9 Å². The molecule has 1 aromatic rings. The number of amides is 3. The van der Waals surface area contributed by atoms with E-state index in [0.717, 1.165) is 12.0 Å². The van der Waals surface area contributed by atoms with Gasteiger partial charge in [-0.05, 0) is 48.3 Å². The molecule has 0 unspecified atom stereocenters. The van der Waals surface area contributed by atoms with Gasteiger partial charge in [-0.15, -0.1) is 0 Å². The summed E-state index contributed by atoms with van der Waals surface area (Å²) in [4.78, 5) is 38.5. The summed E-state index contributed by atoms with van der Waals surface area (Å²) in [6.07, 6.45) is 2.39. The summed E-state index contributed by atoms with van der Waals surface area (Å²) >= 11 is 0. The topological polar surface area (TPSA) is 75.7 Å². The van der Waals surface area contributed by atoms with Crippen LogP contribution in [0.3, 0.4) is 0 Å². The van der Waals surface area contributed by atoms with Gasteiger partial charge in [0.05, 0.1) is 19.2 Å². The van der Waals surface area contributed by atoms with E-state index in [4.69, 9.17) is 0 Å². The lowest BCUT2D eigenvalue weighted by molar-refractivity contribution is -0.135. The summed E-state index contributed by atoms with van der Waals surface area (Å²) in [6.45, 7) is 6.63. The van der Waals surface area contributed by atoms with Crippen molar-refractivity contribution in [3.8, 4) is 0 Å². The van der Waals surface area contributed by atoms with Gasteiger partial charge in [0.1, 0.15) is 5.54 Å². The molecule has 3 rings (SSSR count). The number of nitrogens with zero attached hydrogens (tertiary/aromatic N) is 1. The first-order chi connectivity index (χ1) is 12.2. The summed E-state index contributed by atoms with van der Waals surface area (Å²) < 4.78 is 4.68. The highest BCUT2D eigenvalue weighted by Crippen LogP contribution is 2.46. The Morgan fingerprint density at radius 1 is 1.23 bits per heavy atom. The molecule has 1 aliphatic carbocycles. The minimum absolute atomic E-state index is 0.0127. The van der Waals surface area contributed by atoms with Crippen molar-refractivity contribution in [2.24, 2.45) is 11.3 Å². The number of carbonyl (C=O) groups is 3. The van der Waals surface area contributed by atoms with Crippen molar-refractivity contribution >= 4 is 17.9 Å². The molecule has 3 amide bonds. The van der Waals surface area contributed by atoms with Crippen molar-refractivity contribution in [2.45, 2.75) is 52.1 Å². The van der Waals surface area contributed by atoms with Crippen molar-refractivity contribution in [1.82, 2.24) is 10.2 Å². The molecule has 1 saturated carbocycles. The number of hydrogen-bond donors (Lipinski definition) is 1. The van der Waals surface area contributed by atoms with Crippen LogP contribution in [0.4, 0.5) is 4.79 Å². The molecule has 6 nitrogen and oxygen atoms in total. The van der Waals surface area contributed by atoms with Gasteiger partial charge >= 0.3 is 12.0 Å². The second kappa shape index (κ2) is 6.41. The summed E-state index contributed by atoms with van der Waals surface area (Å²) in [5, 5.41) is 2.98. The van der Waals surface area contributed by atoms with E-state index in [9.17, 15) is 14.4 Å². The smallest absolute Gasteiger partial charge is 0.337 e. The molecular weight excluding hydrogens is 332 g/mol. The second-order valence-corrected chi connectivity index (χ2v) is 8.45. The first-order valence-electron chi connectivity index (χ1n) is 8.97. The third kappa shape index (κ3) is 3.32. The number of ether oxygens (including phenoxy) is 1. The minimum atomic E-state index is -0.787. The molecule has 2 aliphatic rings.